The van der Waals surface area contributed by atoms with Gasteiger partial charge in [-0.15, -0.1) is 0 Å². The Balaban J connectivity index is 2.01. The molecule has 0 saturated heterocycles. The van der Waals surface area contributed by atoms with Gasteiger partial charge in [0.25, 0.3) is 0 Å². The molecule has 2 atom stereocenters. The summed E-state index contributed by atoms with van der Waals surface area (Å²) in [5, 5.41) is 23.2. The van der Waals surface area contributed by atoms with Crippen LogP contribution in [0.5, 0.6) is 17.2 Å². The molecule has 0 aliphatic rings. The average Bonchev–Trinajstić information content (AvgIpc) is 2.95. The molecule has 0 bridgehead atoms. The molecule has 37 heavy (non-hydrogen) atoms. The van der Waals surface area contributed by atoms with Crippen molar-refractivity contribution in [2.75, 3.05) is 14.2 Å². The fraction of sp³-hybridized carbons (Fsp3) is 0.194. The summed E-state index contributed by atoms with van der Waals surface area (Å²) in [5.41, 5.74) is 0.392. The Kier molecular flexibility index (Phi) is 7.89. The second-order valence-electron chi connectivity index (χ2n) is 8.77. The van der Waals surface area contributed by atoms with Crippen molar-refractivity contribution in [1.82, 2.24) is 0 Å². The minimum Gasteiger partial charge on any atom is -0.504 e. The molecule has 0 aliphatic heterocycles. The molecular weight excluding hydrogens is 469 g/mol. The molecule has 0 spiro atoms. The average molecular weight is 500 g/mol. The number of aliphatic hydroxyl groups is 1. The van der Waals surface area contributed by atoms with Crippen molar-refractivity contribution in [2.24, 2.45) is 4.99 Å². The number of hydrogen-bond donors (Lipinski definition) is 2. The van der Waals surface area contributed by atoms with Crippen molar-refractivity contribution in [3.8, 4) is 17.2 Å². The maximum Gasteiger partial charge on any atom is 0.165 e. The number of hydrogen-bond acceptors (Lipinski definition) is 5. The predicted molar refractivity (Wildman–Crippen MR) is 143 cm³/mol. The van der Waals surface area contributed by atoms with Crippen LogP contribution in [0.2, 0.25) is 0 Å². The highest BCUT2D eigenvalue weighted by Crippen LogP contribution is 2.47. The number of ether oxygens (including phenoxy) is 2. The fourth-order valence-electron chi connectivity index (χ4n) is 4.72. The molecule has 0 saturated carbocycles. The Morgan fingerprint density at radius 3 is 1.89 bits per heavy atom. The number of phenolic OH excluding ortho intramolecular Hbond substituents is 1. The van der Waals surface area contributed by atoms with Gasteiger partial charge in [-0.25, -0.2) is 4.39 Å². The Labute approximate surface area is 216 Å². The van der Waals surface area contributed by atoms with Crippen molar-refractivity contribution in [2.45, 2.75) is 24.5 Å². The zero-order chi connectivity index (χ0) is 26.4. The maximum absolute atomic E-state index is 14.1. The number of phenols is 1. The zero-order valence-electron chi connectivity index (χ0n) is 21.0. The molecule has 2 N–H and O–H groups in total. The van der Waals surface area contributed by atoms with Crippen molar-refractivity contribution in [3.05, 3.63) is 125 Å². The number of halogens is 1. The molecule has 0 amide bonds. The fourth-order valence-corrected chi connectivity index (χ4v) is 4.72. The molecule has 4 aromatic carbocycles. The second-order valence-corrected chi connectivity index (χ2v) is 8.77. The van der Waals surface area contributed by atoms with Crippen LogP contribution < -0.4 is 9.47 Å². The van der Waals surface area contributed by atoms with Gasteiger partial charge in [0.2, 0.25) is 0 Å². The number of aliphatic imine (C=N–C) groups is 1. The van der Waals surface area contributed by atoms with Crippen LogP contribution in [0.15, 0.2) is 102 Å². The maximum atomic E-state index is 14.1. The van der Waals surface area contributed by atoms with Gasteiger partial charge in [-0.05, 0) is 29.8 Å². The van der Waals surface area contributed by atoms with Crippen LogP contribution >= 0.6 is 0 Å². The van der Waals surface area contributed by atoms with E-state index in [2.05, 4.69) is 0 Å². The number of aromatic hydroxyl groups is 1. The molecular formula is C31H30FNO4. The summed E-state index contributed by atoms with van der Waals surface area (Å²) >= 11 is 0. The van der Waals surface area contributed by atoms with Crippen LogP contribution in [-0.2, 0) is 5.60 Å². The van der Waals surface area contributed by atoms with Crippen molar-refractivity contribution < 1.29 is 24.1 Å². The first-order valence-corrected chi connectivity index (χ1v) is 12.0. The van der Waals surface area contributed by atoms with Crippen LogP contribution in [0.1, 0.15) is 35.1 Å². The molecule has 0 aliphatic carbocycles. The van der Waals surface area contributed by atoms with Crippen LogP contribution in [-0.4, -0.2) is 36.7 Å². The van der Waals surface area contributed by atoms with E-state index in [1.165, 1.54) is 18.3 Å². The Morgan fingerprint density at radius 2 is 1.32 bits per heavy atom. The summed E-state index contributed by atoms with van der Waals surface area (Å²) in [4.78, 5) is 4.84. The smallest absolute Gasteiger partial charge is 0.165 e. The monoisotopic (exact) mass is 499 g/mol. The van der Waals surface area contributed by atoms with Crippen LogP contribution in [0.25, 0.3) is 0 Å². The van der Waals surface area contributed by atoms with Crippen molar-refractivity contribution in [3.63, 3.8) is 0 Å². The molecule has 0 radical (unpaired) electrons. The van der Waals surface area contributed by atoms with Crippen molar-refractivity contribution >= 4 is 6.21 Å². The largest absolute Gasteiger partial charge is 0.504 e. The summed E-state index contributed by atoms with van der Waals surface area (Å²) in [5.74, 6) is -0.625. The minimum atomic E-state index is -1.74. The highest BCUT2D eigenvalue weighted by Gasteiger charge is 2.47. The van der Waals surface area contributed by atoms with E-state index in [0.29, 0.717) is 22.6 Å². The Bertz CT molecular complexity index is 1330. The summed E-state index contributed by atoms with van der Waals surface area (Å²) < 4.78 is 25.4. The van der Waals surface area contributed by atoms with E-state index in [-0.39, 0.29) is 11.5 Å². The molecule has 0 fully saturated rings. The zero-order valence-corrected chi connectivity index (χ0v) is 21.0. The van der Waals surface area contributed by atoms with E-state index in [0.717, 1.165) is 5.56 Å². The van der Waals surface area contributed by atoms with Crippen LogP contribution in [0.3, 0.4) is 0 Å². The number of benzene rings is 4. The van der Waals surface area contributed by atoms with Gasteiger partial charge in [0.1, 0.15) is 17.1 Å². The van der Waals surface area contributed by atoms with E-state index in [1.54, 1.807) is 44.6 Å². The summed E-state index contributed by atoms with van der Waals surface area (Å²) in [6.07, 6.45) is 1.40. The third kappa shape index (κ3) is 5.06. The van der Waals surface area contributed by atoms with Gasteiger partial charge in [0, 0.05) is 28.8 Å². The quantitative estimate of drug-likeness (QED) is 0.274. The number of para-hydroxylation sites is 3. The normalized spacial score (nSPS) is 13.3. The SMILES string of the molecule is COc1ccccc1C(O)(c1ccccc1OC)[C@@H](N=Cc1cccc(F)c1O)C(C)c1ccccc1. The lowest BCUT2D eigenvalue weighted by Crippen LogP contribution is -2.43. The van der Waals surface area contributed by atoms with Gasteiger partial charge in [-0.3, -0.25) is 4.99 Å². The second kappa shape index (κ2) is 11.3. The summed E-state index contributed by atoms with van der Waals surface area (Å²) in [6.45, 7) is 1.97. The molecule has 4 rings (SSSR count). The molecule has 190 valence electrons. The first kappa shape index (κ1) is 25.9. The minimum absolute atomic E-state index is 0.202. The molecule has 4 aromatic rings. The van der Waals surface area contributed by atoms with E-state index in [1.807, 2.05) is 61.5 Å². The third-order valence-corrected chi connectivity index (χ3v) is 6.65. The topological polar surface area (TPSA) is 71.3 Å². The lowest BCUT2D eigenvalue weighted by atomic mass is 9.73. The van der Waals surface area contributed by atoms with E-state index >= 15 is 0 Å². The Hall–Kier alpha value is -4.16. The third-order valence-electron chi connectivity index (χ3n) is 6.65. The van der Waals surface area contributed by atoms with Crippen LogP contribution in [0, 0.1) is 5.82 Å². The van der Waals surface area contributed by atoms with Crippen LogP contribution in [0.4, 0.5) is 4.39 Å². The molecule has 1 unspecified atom stereocenters. The first-order chi connectivity index (χ1) is 17.9. The van der Waals surface area contributed by atoms with Gasteiger partial charge in [-0.1, -0.05) is 79.7 Å². The van der Waals surface area contributed by atoms with Gasteiger partial charge in [-0.2, -0.15) is 0 Å². The van der Waals surface area contributed by atoms with E-state index in [9.17, 15) is 14.6 Å². The standard InChI is InChI=1S/C31H30FNO4/c1-21(22-12-5-4-6-13-22)30(33-20-23-14-11-17-26(32)29(23)34)31(35,24-15-7-9-18-27(24)36-2)25-16-8-10-19-28(25)37-3/h4-21,30,34-35H,1-3H3/t21?,30-/m0/s1. The summed E-state index contributed by atoms with van der Waals surface area (Å²) in [6, 6.07) is 27.6. The predicted octanol–water partition coefficient (Wildman–Crippen LogP) is 6.08. The van der Waals surface area contributed by atoms with Gasteiger partial charge in [0.05, 0.1) is 20.3 Å². The highest BCUT2D eigenvalue weighted by atomic mass is 19.1. The summed E-state index contributed by atoms with van der Waals surface area (Å²) in [7, 11) is 3.09. The number of rotatable bonds is 9. The van der Waals surface area contributed by atoms with E-state index < -0.39 is 23.2 Å². The molecule has 6 heteroatoms. The number of methoxy groups -OCH3 is 2. The van der Waals surface area contributed by atoms with Crippen molar-refractivity contribution in [1.29, 1.82) is 0 Å². The van der Waals surface area contributed by atoms with Gasteiger partial charge in [0.15, 0.2) is 11.6 Å². The van der Waals surface area contributed by atoms with Gasteiger partial charge >= 0.3 is 0 Å². The van der Waals surface area contributed by atoms with E-state index in [4.69, 9.17) is 14.5 Å². The number of nitrogens with zero attached hydrogens (tertiary/aromatic N) is 1. The first-order valence-electron chi connectivity index (χ1n) is 12.0. The highest BCUT2D eigenvalue weighted by molar-refractivity contribution is 5.83. The van der Waals surface area contributed by atoms with Gasteiger partial charge < -0.3 is 19.7 Å². The Morgan fingerprint density at radius 1 is 0.784 bits per heavy atom. The molecule has 0 aromatic heterocycles. The lowest BCUT2D eigenvalue weighted by Gasteiger charge is -2.39. The lowest BCUT2D eigenvalue weighted by molar-refractivity contribution is 0.0401. The molecule has 5 nitrogen and oxygen atoms in total. The molecule has 0 heterocycles.